The van der Waals surface area contributed by atoms with Gasteiger partial charge in [0.15, 0.2) is 0 Å². The smallest absolute Gasteiger partial charge is 0.0934 e. The molecule has 1 aliphatic rings. The van der Waals surface area contributed by atoms with Crippen molar-refractivity contribution in [2.24, 2.45) is 5.92 Å². The number of nitrogens with one attached hydrogen (secondary N) is 1. The Bertz CT molecular complexity index is 370. The van der Waals surface area contributed by atoms with Gasteiger partial charge in [-0.1, -0.05) is 20.8 Å². The minimum atomic E-state index is 0.184. The molecule has 96 valence electrons. The lowest BCUT2D eigenvalue weighted by Gasteiger charge is -2.21. The number of rotatable bonds is 2. The van der Waals surface area contributed by atoms with Crippen molar-refractivity contribution in [3.05, 3.63) is 15.6 Å². The Kier molecular flexibility index (Phi) is 3.88. The van der Waals surface area contributed by atoms with Crippen molar-refractivity contribution in [2.75, 3.05) is 13.1 Å². The standard InChI is InChI=1S/C14H24N2S/c1-10-13(14(2,3)4)16-12(17-10)8-11-6-5-7-15-9-11/h11,15H,5-9H2,1-4H3. The third kappa shape index (κ3) is 3.29. The van der Waals surface area contributed by atoms with Crippen LogP contribution in [0.2, 0.25) is 0 Å². The second-order valence-electron chi connectivity index (χ2n) is 6.18. The van der Waals surface area contributed by atoms with E-state index < -0.39 is 0 Å². The van der Waals surface area contributed by atoms with Gasteiger partial charge in [-0.25, -0.2) is 4.98 Å². The van der Waals surface area contributed by atoms with Crippen LogP contribution in [0.1, 0.15) is 49.2 Å². The van der Waals surface area contributed by atoms with E-state index in [0.717, 1.165) is 12.3 Å². The van der Waals surface area contributed by atoms with Crippen molar-refractivity contribution in [1.82, 2.24) is 10.3 Å². The predicted octanol–water partition coefficient (Wildman–Crippen LogP) is 3.29. The van der Waals surface area contributed by atoms with Crippen LogP contribution in [0.4, 0.5) is 0 Å². The first-order chi connectivity index (χ1) is 7.97. The Balaban J connectivity index is 2.06. The van der Waals surface area contributed by atoms with E-state index >= 15 is 0 Å². The summed E-state index contributed by atoms with van der Waals surface area (Å²) in [6.45, 7) is 11.3. The number of aromatic nitrogens is 1. The largest absolute Gasteiger partial charge is 0.316 e. The highest BCUT2D eigenvalue weighted by molar-refractivity contribution is 7.11. The molecular formula is C14H24N2S. The molecule has 0 saturated carbocycles. The third-order valence-corrected chi connectivity index (χ3v) is 4.41. The van der Waals surface area contributed by atoms with Crippen molar-refractivity contribution in [3.63, 3.8) is 0 Å². The molecule has 0 spiro atoms. The first-order valence-electron chi connectivity index (χ1n) is 6.64. The Hall–Kier alpha value is -0.410. The number of thiazole rings is 1. The van der Waals surface area contributed by atoms with Gasteiger partial charge >= 0.3 is 0 Å². The maximum Gasteiger partial charge on any atom is 0.0934 e. The summed E-state index contributed by atoms with van der Waals surface area (Å²) in [5.41, 5.74) is 1.48. The van der Waals surface area contributed by atoms with Crippen LogP contribution in [0.5, 0.6) is 0 Å². The molecule has 0 bridgehead atoms. The van der Waals surface area contributed by atoms with Crippen LogP contribution in [0.3, 0.4) is 0 Å². The maximum absolute atomic E-state index is 4.87. The molecule has 0 radical (unpaired) electrons. The Morgan fingerprint density at radius 2 is 2.18 bits per heavy atom. The quantitative estimate of drug-likeness (QED) is 0.873. The molecule has 1 aliphatic heterocycles. The average Bonchev–Trinajstić information content (AvgIpc) is 2.60. The van der Waals surface area contributed by atoms with E-state index in [0.29, 0.717) is 0 Å². The van der Waals surface area contributed by atoms with E-state index in [4.69, 9.17) is 4.98 Å². The van der Waals surface area contributed by atoms with E-state index in [1.807, 2.05) is 11.3 Å². The van der Waals surface area contributed by atoms with Crippen molar-refractivity contribution >= 4 is 11.3 Å². The van der Waals surface area contributed by atoms with Crippen molar-refractivity contribution in [2.45, 2.75) is 52.4 Å². The SMILES string of the molecule is Cc1sc(CC2CCCNC2)nc1C(C)(C)C. The van der Waals surface area contributed by atoms with Crippen LogP contribution in [0.25, 0.3) is 0 Å². The van der Waals surface area contributed by atoms with Gasteiger partial charge in [-0.05, 0) is 38.8 Å². The fourth-order valence-corrected chi connectivity index (χ4v) is 3.84. The van der Waals surface area contributed by atoms with Crippen LogP contribution < -0.4 is 5.32 Å². The molecule has 2 heterocycles. The van der Waals surface area contributed by atoms with Gasteiger partial charge in [-0.3, -0.25) is 0 Å². The van der Waals surface area contributed by atoms with E-state index in [2.05, 4.69) is 33.0 Å². The van der Waals surface area contributed by atoms with Crippen molar-refractivity contribution in [1.29, 1.82) is 0 Å². The number of hydrogen-bond acceptors (Lipinski definition) is 3. The summed E-state index contributed by atoms with van der Waals surface area (Å²) in [5, 5.41) is 4.82. The maximum atomic E-state index is 4.87. The molecule has 1 atom stereocenters. The molecule has 2 rings (SSSR count). The minimum Gasteiger partial charge on any atom is -0.316 e. The van der Waals surface area contributed by atoms with Gasteiger partial charge in [0.25, 0.3) is 0 Å². The van der Waals surface area contributed by atoms with Gasteiger partial charge < -0.3 is 5.32 Å². The van der Waals surface area contributed by atoms with Crippen LogP contribution in [-0.4, -0.2) is 18.1 Å². The highest BCUT2D eigenvalue weighted by Gasteiger charge is 2.22. The van der Waals surface area contributed by atoms with E-state index in [-0.39, 0.29) is 5.41 Å². The van der Waals surface area contributed by atoms with Gasteiger partial charge in [0.2, 0.25) is 0 Å². The van der Waals surface area contributed by atoms with E-state index in [9.17, 15) is 0 Å². The lowest BCUT2D eigenvalue weighted by Crippen LogP contribution is -2.30. The first kappa shape index (κ1) is 13.0. The monoisotopic (exact) mass is 252 g/mol. The number of piperidine rings is 1. The zero-order valence-electron chi connectivity index (χ0n) is 11.5. The fraction of sp³-hybridized carbons (Fsp3) is 0.786. The van der Waals surface area contributed by atoms with Gasteiger partial charge in [0, 0.05) is 16.7 Å². The predicted molar refractivity (Wildman–Crippen MR) is 74.8 cm³/mol. The van der Waals surface area contributed by atoms with Gasteiger partial charge in [-0.2, -0.15) is 0 Å². The van der Waals surface area contributed by atoms with E-state index in [1.54, 1.807) is 0 Å². The van der Waals surface area contributed by atoms with Crippen LogP contribution >= 0.6 is 11.3 Å². The van der Waals surface area contributed by atoms with E-state index in [1.165, 1.54) is 41.5 Å². The van der Waals surface area contributed by atoms with Crippen LogP contribution in [0, 0.1) is 12.8 Å². The number of nitrogens with zero attached hydrogens (tertiary/aromatic N) is 1. The summed E-state index contributed by atoms with van der Waals surface area (Å²) in [6, 6.07) is 0. The minimum absolute atomic E-state index is 0.184. The summed E-state index contributed by atoms with van der Waals surface area (Å²) in [4.78, 5) is 6.27. The highest BCUT2D eigenvalue weighted by Crippen LogP contribution is 2.30. The molecular weight excluding hydrogens is 228 g/mol. The number of aryl methyl sites for hydroxylation is 1. The summed E-state index contributed by atoms with van der Waals surface area (Å²) >= 11 is 1.90. The summed E-state index contributed by atoms with van der Waals surface area (Å²) < 4.78 is 0. The molecule has 0 amide bonds. The molecule has 1 aromatic rings. The fourth-order valence-electron chi connectivity index (χ4n) is 2.58. The van der Waals surface area contributed by atoms with Crippen LogP contribution in [0.15, 0.2) is 0 Å². The molecule has 3 heteroatoms. The summed E-state index contributed by atoms with van der Waals surface area (Å²) in [6.07, 6.45) is 3.84. The molecule has 2 nitrogen and oxygen atoms in total. The molecule has 0 aromatic carbocycles. The Morgan fingerprint density at radius 3 is 2.71 bits per heavy atom. The second-order valence-corrected chi connectivity index (χ2v) is 7.47. The van der Waals surface area contributed by atoms with Crippen LogP contribution in [-0.2, 0) is 11.8 Å². The molecule has 1 fully saturated rings. The summed E-state index contributed by atoms with van der Waals surface area (Å²) in [7, 11) is 0. The Morgan fingerprint density at radius 1 is 1.41 bits per heavy atom. The highest BCUT2D eigenvalue weighted by atomic mass is 32.1. The van der Waals surface area contributed by atoms with Crippen molar-refractivity contribution in [3.8, 4) is 0 Å². The number of hydrogen-bond donors (Lipinski definition) is 1. The zero-order chi connectivity index (χ0) is 12.5. The molecule has 1 saturated heterocycles. The lowest BCUT2D eigenvalue weighted by atomic mass is 9.91. The normalized spacial score (nSPS) is 21.8. The average molecular weight is 252 g/mol. The lowest BCUT2D eigenvalue weighted by molar-refractivity contribution is 0.375. The van der Waals surface area contributed by atoms with Gasteiger partial charge in [-0.15, -0.1) is 11.3 Å². The third-order valence-electron chi connectivity index (χ3n) is 3.41. The Labute approximate surface area is 109 Å². The van der Waals surface area contributed by atoms with Gasteiger partial charge in [0.1, 0.15) is 0 Å². The molecule has 1 aromatic heterocycles. The first-order valence-corrected chi connectivity index (χ1v) is 7.46. The molecule has 17 heavy (non-hydrogen) atoms. The second kappa shape index (κ2) is 5.07. The summed E-state index contributed by atoms with van der Waals surface area (Å²) in [5.74, 6) is 0.794. The zero-order valence-corrected chi connectivity index (χ0v) is 12.3. The topological polar surface area (TPSA) is 24.9 Å². The molecule has 1 unspecified atom stereocenters. The molecule has 0 aliphatic carbocycles. The molecule has 1 N–H and O–H groups in total. The van der Waals surface area contributed by atoms with Crippen molar-refractivity contribution < 1.29 is 0 Å². The van der Waals surface area contributed by atoms with Gasteiger partial charge in [0.05, 0.1) is 10.7 Å².